The number of carboxylic acid groups (broad SMARTS) is 4. The van der Waals surface area contributed by atoms with E-state index in [0.717, 1.165) is 0 Å². The summed E-state index contributed by atoms with van der Waals surface area (Å²) in [6.07, 6.45) is 0. The summed E-state index contributed by atoms with van der Waals surface area (Å²) in [5.74, 6) is -3.57. The van der Waals surface area contributed by atoms with Gasteiger partial charge < -0.3 is 99.0 Å². The van der Waals surface area contributed by atoms with Gasteiger partial charge in [-0.1, -0.05) is 48.5 Å². The minimum atomic E-state index is -1.22. The van der Waals surface area contributed by atoms with Crippen molar-refractivity contribution in [2.75, 3.05) is 107 Å². The summed E-state index contributed by atoms with van der Waals surface area (Å²) in [6.45, 7) is 5.37. The van der Waals surface area contributed by atoms with Crippen molar-refractivity contribution in [2.45, 2.75) is 13.8 Å². The van der Waals surface area contributed by atoms with Gasteiger partial charge in [-0.3, -0.25) is 0 Å². The van der Waals surface area contributed by atoms with Crippen LogP contribution in [-0.4, -0.2) is 161 Å². The number of rotatable bonds is 20. The number of carboxylic acids is 4. The molecule has 0 atom stereocenters. The van der Waals surface area contributed by atoms with Crippen molar-refractivity contribution in [3.8, 4) is 35.1 Å². The minimum Gasteiger partial charge on any atom is -0.854 e. The molecule has 0 amide bonds. The molecule has 0 unspecified atom stereocenters. The molecule has 0 aliphatic carbocycles. The number of nitriles is 2. The summed E-state index contributed by atoms with van der Waals surface area (Å²) in [4.78, 5) is 45.0. The maximum atomic E-state index is 10.4. The molecule has 25 heteroatoms. The zero-order chi connectivity index (χ0) is 54.1. The predicted octanol–water partition coefficient (Wildman–Crippen LogP) is -3.45. The van der Waals surface area contributed by atoms with Crippen LogP contribution in [0, 0.1) is 22.7 Å². The molecule has 0 saturated carbocycles. The molecule has 4 N–H and O–H groups in total. The second kappa shape index (κ2) is 57.1. The number of aliphatic hydroxyl groups excluding tert-OH is 4. The van der Waals surface area contributed by atoms with Gasteiger partial charge in [0.2, 0.25) is 0 Å². The average Bonchev–Trinajstić information content (AvgIpc) is 3.35. The predicted molar refractivity (Wildman–Crippen MR) is 243 cm³/mol. The molecular formula is C48H62Cu3N4O18. The van der Waals surface area contributed by atoms with Crippen molar-refractivity contribution < 1.29 is 140 Å². The normalized spacial score (nSPS) is 8.71. The molecule has 4 aromatic carbocycles. The number of nitrogens with zero attached hydrogens (tertiary/aromatic N) is 4. The van der Waals surface area contributed by atoms with E-state index in [0.29, 0.717) is 62.3 Å². The molecular weight excluding hydrogens is 1110 g/mol. The average molecular weight is 1170 g/mol. The first kappa shape index (κ1) is 81.2. The zero-order valence-electron chi connectivity index (χ0n) is 40.9. The van der Waals surface area contributed by atoms with Crippen LogP contribution in [0.4, 0.5) is 0 Å². The molecule has 0 aliphatic heterocycles. The van der Waals surface area contributed by atoms with Crippen LogP contribution in [0.1, 0.15) is 55.3 Å². The van der Waals surface area contributed by atoms with Crippen LogP contribution in [-0.2, 0) is 51.2 Å². The Morgan fingerprint density at radius 2 is 0.589 bits per heavy atom. The van der Waals surface area contributed by atoms with Gasteiger partial charge in [0, 0.05) is 62.3 Å². The van der Waals surface area contributed by atoms with Gasteiger partial charge in [-0.05, 0) is 61.6 Å². The van der Waals surface area contributed by atoms with Gasteiger partial charge in [0.1, 0.15) is 23.0 Å². The largest absolute Gasteiger partial charge is 2.00 e. The molecule has 0 heterocycles. The number of aromatic carboxylic acids is 4. The molecule has 0 aliphatic rings. The van der Waals surface area contributed by atoms with Gasteiger partial charge in [0.25, 0.3) is 0 Å². The summed E-state index contributed by atoms with van der Waals surface area (Å²) in [5, 5.41) is 110. The van der Waals surface area contributed by atoms with Crippen molar-refractivity contribution in [3.63, 3.8) is 0 Å². The molecule has 22 nitrogen and oxygen atoms in total. The summed E-state index contributed by atoms with van der Waals surface area (Å²) in [6, 6.07) is 28.8. The van der Waals surface area contributed by atoms with Gasteiger partial charge in [0.05, 0.1) is 90.9 Å². The number of benzene rings is 4. The third-order valence-corrected chi connectivity index (χ3v) is 7.79. The van der Waals surface area contributed by atoms with E-state index in [4.69, 9.17) is 49.9 Å². The summed E-state index contributed by atoms with van der Waals surface area (Å²) in [7, 11) is 5.67. The number of methoxy groups -OCH3 is 4. The van der Waals surface area contributed by atoms with Crippen molar-refractivity contribution in [1.29, 1.82) is 10.5 Å². The van der Waals surface area contributed by atoms with E-state index in [1.807, 2.05) is 0 Å². The molecule has 4 rings (SSSR count). The Labute approximate surface area is 458 Å². The van der Waals surface area contributed by atoms with E-state index < -0.39 is 23.9 Å². The monoisotopic (exact) mass is 1170 g/mol. The van der Waals surface area contributed by atoms with Crippen LogP contribution in [0.25, 0.3) is 0 Å². The molecule has 0 spiro atoms. The Hall–Kier alpha value is -5.82. The summed E-state index contributed by atoms with van der Waals surface area (Å²) in [5.41, 5.74) is 0.315. The maximum Gasteiger partial charge on any atom is 2.00 e. The number of carbonyl (C=O) groups excluding carboxylic acids is 4. The van der Waals surface area contributed by atoms with Gasteiger partial charge in [-0.15, -0.1) is 13.2 Å². The first-order valence-electron chi connectivity index (χ1n) is 20.6. The molecule has 73 heavy (non-hydrogen) atoms. The Kier molecular flexibility index (Phi) is 63.5. The standard InChI is InChI=1S/4C8H8O3.2C6H14NO3.2C2H3N.3Cu/c4*1-11-7-5-3-2-4-6(7)8(9)10;2*8-4-1-7(2-5-9)3-6-10;2*1-2-3;;;/h4*2-5H,1H3,(H,9,10);2*8-9H,1-6H2;2*1H3;;;/q;;;;2*-1;;;3*+2/p-4. The van der Waals surface area contributed by atoms with E-state index in [1.54, 1.807) is 94.7 Å². The van der Waals surface area contributed by atoms with E-state index in [9.17, 15) is 49.8 Å². The molecule has 0 fully saturated rings. The van der Waals surface area contributed by atoms with Gasteiger partial charge in [0.15, 0.2) is 0 Å². The molecule has 0 aromatic heterocycles. The quantitative estimate of drug-likeness (QED) is 0.0625. The first-order chi connectivity index (χ1) is 33.5. The third-order valence-electron chi connectivity index (χ3n) is 7.79. The van der Waals surface area contributed by atoms with E-state index in [1.165, 1.54) is 66.6 Å². The van der Waals surface area contributed by atoms with Crippen LogP contribution < -0.4 is 49.6 Å². The molecule has 4 aromatic rings. The van der Waals surface area contributed by atoms with Crippen molar-refractivity contribution >= 4 is 23.9 Å². The summed E-state index contributed by atoms with van der Waals surface area (Å²) < 4.78 is 19.1. The van der Waals surface area contributed by atoms with Crippen LogP contribution in [0.2, 0.25) is 0 Å². The van der Waals surface area contributed by atoms with Gasteiger partial charge >= 0.3 is 51.2 Å². The van der Waals surface area contributed by atoms with Crippen LogP contribution in [0.15, 0.2) is 97.1 Å². The molecule has 3 radical (unpaired) electrons. The number of carbonyl (C=O) groups is 4. The number of hydrogen-bond acceptors (Lipinski definition) is 22. The van der Waals surface area contributed by atoms with Gasteiger partial charge in [-0.2, -0.15) is 10.5 Å². The maximum absolute atomic E-state index is 10.4. The van der Waals surface area contributed by atoms with Gasteiger partial charge in [-0.25, -0.2) is 0 Å². The van der Waals surface area contributed by atoms with Crippen molar-refractivity contribution in [2.24, 2.45) is 0 Å². The number of ether oxygens (including phenoxy) is 4. The van der Waals surface area contributed by atoms with E-state index in [-0.39, 0.29) is 113 Å². The number of aliphatic hydroxyl groups is 4. The fourth-order valence-corrected chi connectivity index (χ4v) is 4.75. The van der Waals surface area contributed by atoms with Crippen molar-refractivity contribution in [1.82, 2.24) is 9.80 Å². The van der Waals surface area contributed by atoms with E-state index >= 15 is 0 Å². The Morgan fingerprint density at radius 1 is 0.425 bits per heavy atom. The SMILES string of the molecule is CC#N.CC#N.COc1ccccc1C(=O)[O-].COc1ccccc1C(=O)[O-].COc1ccccc1C(=O)[O-].COc1ccccc1C(=O)[O-].[Cu+2].[Cu+2].[Cu+2].[O-]CCN(CCO)CCO.[O-]CCN(CCO)CCO. The Balaban J connectivity index is -0.000000139. The fraction of sp³-hybridized carbons (Fsp3) is 0.375. The van der Waals surface area contributed by atoms with Crippen molar-refractivity contribution in [3.05, 3.63) is 119 Å². The van der Waals surface area contributed by atoms with E-state index in [2.05, 4.69) is 0 Å². The van der Waals surface area contributed by atoms with Crippen LogP contribution >= 0.6 is 0 Å². The second-order valence-electron chi connectivity index (χ2n) is 12.4. The summed E-state index contributed by atoms with van der Waals surface area (Å²) >= 11 is 0. The molecule has 0 saturated heterocycles. The molecule has 415 valence electrons. The van der Waals surface area contributed by atoms with Crippen LogP contribution in [0.5, 0.6) is 23.0 Å². The Bertz CT molecular complexity index is 1790. The molecule has 0 bridgehead atoms. The topological polar surface area (TPSA) is 379 Å². The number of para-hydroxylation sites is 4. The number of hydrogen-bond donors (Lipinski definition) is 4. The minimum absolute atomic E-state index is 0. The smallest absolute Gasteiger partial charge is 0.854 e. The third kappa shape index (κ3) is 42.4. The van der Waals surface area contributed by atoms with Crippen LogP contribution in [0.3, 0.4) is 0 Å². The Morgan fingerprint density at radius 3 is 0.699 bits per heavy atom. The second-order valence-corrected chi connectivity index (χ2v) is 12.4. The first-order valence-corrected chi connectivity index (χ1v) is 20.6. The fourth-order valence-electron chi connectivity index (χ4n) is 4.75. The zero-order valence-corrected chi connectivity index (χ0v) is 43.7.